The number of halogens is 1. The van der Waals surface area contributed by atoms with Crippen molar-refractivity contribution in [3.05, 3.63) is 48.0 Å². The van der Waals surface area contributed by atoms with Gasteiger partial charge < -0.3 is 4.57 Å². The molecular formula is C13H15ClN2S. The summed E-state index contributed by atoms with van der Waals surface area (Å²) in [5.41, 5.74) is 1.17. The molecule has 17 heavy (non-hydrogen) atoms. The third kappa shape index (κ3) is 3.51. The highest BCUT2D eigenvalue weighted by Gasteiger charge is 1.98. The molecule has 90 valence electrons. The maximum atomic E-state index is 5.75. The van der Waals surface area contributed by atoms with E-state index in [2.05, 4.69) is 33.8 Å². The van der Waals surface area contributed by atoms with E-state index in [0.29, 0.717) is 5.88 Å². The Morgan fingerprint density at radius 3 is 2.65 bits per heavy atom. The minimum atomic E-state index is 0.583. The van der Waals surface area contributed by atoms with E-state index >= 15 is 0 Å². The van der Waals surface area contributed by atoms with Crippen LogP contribution in [0.3, 0.4) is 0 Å². The van der Waals surface area contributed by atoms with Crippen LogP contribution in [-0.2, 0) is 12.4 Å². The van der Waals surface area contributed by atoms with Crippen LogP contribution in [0, 0.1) is 6.92 Å². The molecule has 1 aromatic carbocycles. The minimum absolute atomic E-state index is 0.583. The minimum Gasteiger partial charge on any atom is -0.334 e. The van der Waals surface area contributed by atoms with Gasteiger partial charge >= 0.3 is 0 Å². The van der Waals surface area contributed by atoms with E-state index in [1.807, 2.05) is 31.1 Å². The SMILES string of the molecule is Cc1nccn1CCSc1ccc(CCl)cc1. The summed E-state index contributed by atoms with van der Waals surface area (Å²) in [6, 6.07) is 8.42. The molecule has 0 aliphatic heterocycles. The average Bonchev–Trinajstić information content (AvgIpc) is 2.76. The number of hydrogen-bond acceptors (Lipinski definition) is 2. The van der Waals surface area contributed by atoms with Crippen LogP contribution in [0.1, 0.15) is 11.4 Å². The average molecular weight is 267 g/mol. The molecule has 1 aromatic heterocycles. The van der Waals surface area contributed by atoms with E-state index in [1.165, 1.54) is 10.5 Å². The van der Waals surface area contributed by atoms with Crippen molar-refractivity contribution in [1.82, 2.24) is 9.55 Å². The lowest BCUT2D eigenvalue weighted by atomic mass is 10.2. The van der Waals surface area contributed by atoms with Crippen molar-refractivity contribution < 1.29 is 0 Å². The Labute approximate surface area is 111 Å². The molecule has 0 amide bonds. The van der Waals surface area contributed by atoms with Crippen molar-refractivity contribution in [2.24, 2.45) is 0 Å². The summed E-state index contributed by atoms with van der Waals surface area (Å²) in [7, 11) is 0. The van der Waals surface area contributed by atoms with Gasteiger partial charge in [0.25, 0.3) is 0 Å². The monoisotopic (exact) mass is 266 g/mol. The Morgan fingerprint density at radius 2 is 2.06 bits per heavy atom. The van der Waals surface area contributed by atoms with Crippen molar-refractivity contribution in [2.45, 2.75) is 24.2 Å². The van der Waals surface area contributed by atoms with Gasteiger partial charge in [0.1, 0.15) is 5.82 Å². The quantitative estimate of drug-likeness (QED) is 0.606. The first-order chi connectivity index (χ1) is 8.29. The largest absolute Gasteiger partial charge is 0.334 e. The maximum Gasteiger partial charge on any atom is 0.105 e. The highest BCUT2D eigenvalue weighted by molar-refractivity contribution is 7.99. The van der Waals surface area contributed by atoms with Crippen LogP contribution in [0.5, 0.6) is 0 Å². The molecule has 0 fully saturated rings. The number of aromatic nitrogens is 2. The van der Waals surface area contributed by atoms with Gasteiger partial charge in [-0.1, -0.05) is 12.1 Å². The molecule has 0 saturated heterocycles. The molecule has 0 unspecified atom stereocenters. The zero-order valence-electron chi connectivity index (χ0n) is 9.77. The highest BCUT2D eigenvalue weighted by Crippen LogP contribution is 2.19. The van der Waals surface area contributed by atoms with Gasteiger partial charge in [0.15, 0.2) is 0 Å². The van der Waals surface area contributed by atoms with Crippen LogP contribution < -0.4 is 0 Å². The summed E-state index contributed by atoms with van der Waals surface area (Å²) in [5, 5.41) is 0. The lowest BCUT2D eigenvalue weighted by Crippen LogP contribution is -2.01. The van der Waals surface area contributed by atoms with Crippen LogP contribution >= 0.6 is 23.4 Å². The zero-order chi connectivity index (χ0) is 12.1. The predicted molar refractivity (Wildman–Crippen MR) is 73.7 cm³/mol. The molecule has 0 radical (unpaired) electrons. The molecule has 1 heterocycles. The summed E-state index contributed by atoms with van der Waals surface area (Å²) >= 11 is 7.61. The standard InChI is InChI=1S/C13H15ClN2S/c1-11-15-6-7-16(11)8-9-17-13-4-2-12(10-14)3-5-13/h2-7H,8-10H2,1H3. The second-order valence-corrected chi connectivity index (χ2v) is 5.23. The number of aryl methyl sites for hydroxylation is 2. The Morgan fingerprint density at radius 1 is 1.29 bits per heavy atom. The fraction of sp³-hybridized carbons (Fsp3) is 0.308. The Bertz CT molecular complexity index is 465. The summed E-state index contributed by atoms with van der Waals surface area (Å²) < 4.78 is 2.17. The molecule has 0 saturated carbocycles. The van der Waals surface area contributed by atoms with E-state index < -0.39 is 0 Å². The molecular weight excluding hydrogens is 252 g/mol. The third-order valence-corrected chi connectivity index (χ3v) is 3.90. The zero-order valence-corrected chi connectivity index (χ0v) is 11.3. The maximum absolute atomic E-state index is 5.75. The van der Waals surface area contributed by atoms with Crippen LogP contribution in [-0.4, -0.2) is 15.3 Å². The van der Waals surface area contributed by atoms with Gasteiger partial charge in [-0.05, 0) is 24.6 Å². The molecule has 4 heteroatoms. The molecule has 2 aromatic rings. The number of alkyl halides is 1. The Kier molecular flexibility index (Phi) is 4.51. The number of imidazole rings is 1. The topological polar surface area (TPSA) is 17.8 Å². The summed E-state index contributed by atoms with van der Waals surface area (Å²) in [6.45, 7) is 3.02. The molecule has 0 aliphatic rings. The van der Waals surface area contributed by atoms with Crippen molar-refractivity contribution in [3.8, 4) is 0 Å². The molecule has 0 bridgehead atoms. The first-order valence-corrected chi connectivity index (χ1v) is 7.07. The Balaban J connectivity index is 1.83. The number of rotatable bonds is 5. The highest BCUT2D eigenvalue weighted by atomic mass is 35.5. The molecule has 0 N–H and O–H groups in total. The fourth-order valence-electron chi connectivity index (χ4n) is 1.58. The summed E-state index contributed by atoms with van der Waals surface area (Å²) in [4.78, 5) is 5.49. The lowest BCUT2D eigenvalue weighted by molar-refractivity contribution is 0.738. The summed E-state index contributed by atoms with van der Waals surface area (Å²) in [6.07, 6.45) is 3.86. The van der Waals surface area contributed by atoms with Crippen LogP contribution in [0.25, 0.3) is 0 Å². The van der Waals surface area contributed by atoms with Crippen LogP contribution in [0.15, 0.2) is 41.6 Å². The predicted octanol–water partition coefficient (Wildman–Crippen LogP) is 3.72. The second-order valence-electron chi connectivity index (χ2n) is 3.79. The second kappa shape index (κ2) is 6.12. The fourth-order valence-corrected chi connectivity index (χ4v) is 2.61. The van der Waals surface area contributed by atoms with Crippen LogP contribution in [0.2, 0.25) is 0 Å². The van der Waals surface area contributed by atoms with Gasteiger partial charge in [-0.15, -0.1) is 23.4 Å². The third-order valence-electron chi connectivity index (χ3n) is 2.60. The van der Waals surface area contributed by atoms with Crippen LogP contribution in [0.4, 0.5) is 0 Å². The number of thioether (sulfide) groups is 1. The van der Waals surface area contributed by atoms with E-state index in [4.69, 9.17) is 11.6 Å². The van der Waals surface area contributed by atoms with Gasteiger partial charge in [0.05, 0.1) is 0 Å². The number of hydrogen-bond donors (Lipinski definition) is 0. The molecule has 0 atom stereocenters. The van der Waals surface area contributed by atoms with Crippen molar-refractivity contribution in [3.63, 3.8) is 0 Å². The van der Waals surface area contributed by atoms with E-state index in [0.717, 1.165) is 18.1 Å². The van der Waals surface area contributed by atoms with Crippen molar-refractivity contribution in [2.75, 3.05) is 5.75 Å². The number of benzene rings is 1. The molecule has 0 aliphatic carbocycles. The normalized spacial score (nSPS) is 10.7. The van der Waals surface area contributed by atoms with E-state index in [9.17, 15) is 0 Å². The van der Waals surface area contributed by atoms with Gasteiger partial charge in [0, 0.05) is 35.5 Å². The molecule has 2 nitrogen and oxygen atoms in total. The van der Waals surface area contributed by atoms with Crippen molar-refractivity contribution in [1.29, 1.82) is 0 Å². The molecule has 2 rings (SSSR count). The molecule has 0 spiro atoms. The first-order valence-electron chi connectivity index (χ1n) is 5.55. The van der Waals surface area contributed by atoms with Gasteiger partial charge in [-0.3, -0.25) is 0 Å². The first kappa shape index (κ1) is 12.5. The van der Waals surface area contributed by atoms with Gasteiger partial charge in [-0.2, -0.15) is 0 Å². The lowest BCUT2D eigenvalue weighted by Gasteiger charge is -2.05. The van der Waals surface area contributed by atoms with Crippen molar-refractivity contribution >= 4 is 23.4 Å². The van der Waals surface area contributed by atoms with E-state index in [-0.39, 0.29) is 0 Å². The smallest absolute Gasteiger partial charge is 0.105 e. The Hall–Kier alpha value is -0.930. The van der Waals surface area contributed by atoms with Gasteiger partial charge in [-0.25, -0.2) is 4.98 Å². The number of nitrogens with zero attached hydrogens (tertiary/aromatic N) is 2. The van der Waals surface area contributed by atoms with E-state index in [1.54, 1.807) is 0 Å². The summed E-state index contributed by atoms with van der Waals surface area (Å²) in [5.74, 6) is 2.71. The van der Waals surface area contributed by atoms with Gasteiger partial charge in [0.2, 0.25) is 0 Å².